The van der Waals surface area contributed by atoms with Crippen molar-refractivity contribution < 1.29 is 9.90 Å². The topological polar surface area (TPSA) is 82.7 Å². The van der Waals surface area contributed by atoms with Crippen LogP contribution in [0.1, 0.15) is 0 Å². The number of nitrogens with zero attached hydrogens (tertiary/aromatic N) is 3. The van der Waals surface area contributed by atoms with E-state index in [1.165, 1.54) is 4.90 Å². The van der Waals surface area contributed by atoms with E-state index in [0.717, 1.165) is 16.9 Å². The highest BCUT2D eigenvalue weighted by molar-refractivity contribution is 5.68. The lowest BCUT2D eigenvalue weighted by Crippen LogP contribution is -2.48. The quantitative estimate of drug-likeness (QED) is 0.887. The molecule has 1 saturated heterocycles. The molecule has 0 radical (unpaired) electrons. The predicted molar refractivity (Wildman–Crippen MR) is 85.9 cm³/mol. The lowest BCUT2D eigenvalue weighted by Gasteiger charge is -2.34. The van der Waals surface area contributed by atoms with Gasteiger partial charge in [-0.2, -0.15) is 0 Å². The molecule has 3 N–H and O–H groups in total. The van der Waals surface area contributed by atoms with Gasteiger partial charge in [0.15, 0.2) is 0 Å². The number of hydrogen-bond acceptors (Lipinski definition) is 4. The summed E-state index contributed by atoms with van der Waals surface area (Å²) in [7, 11) is 0. The number of rotatable bonds is 2. The average Bonchev–Trinajstić information content (AvgIpc) is 2.55. The summed E-state index contributed by atoms with van der Waals surface area (Å²) in [6.07, 6.45) is -0.850. The fourth-order valence-corrected chi connectivity index (χ4v) is 2.63. The molecule has 6 nitrogen and oxygen atoms in total. The average molecular weight is 298 g/mol. The van der Waals surface area contributed by atoms with Crippen LogP contribution in [0.25, 0.3) is 11.3 Å². The molecular formula is C16H18N4O2. The Morgan fingerprint density at radius 1 is 1.09 bits per heavy atom. The maximum absolute atomic E-state index is 11.0. The summed E-state index contributed by atoms with van der Waals surface area (Å²) in [5, 5.41) is 9.00. The Balaban J connectivity index is 1.79. The summed E-state index contributed by atoms with van der Waals surface area (Å²) < 4.78 is 0. The van der Waals surface area contributed by atoms with Crippen LogP contribution in [-0.4, -0.2) is 47.3 Å². The molecule has 114 valence electrons. The zero-order valence-electron chi connectivity index (χ0n) is 12.1. The first-order chi connectivity index (χ1) is 10.6. The van der Waals surface area contributed by atoms with E-state index in [1.54, 1.807) is 6.07 Å². The number of pyridine rings is 1. The molecule has 1 fully saturated rings. The van der Waals surface area contributed by atoms with Crippen LogP contribution in [0.15, 0.2) is 42.5 Å². The highest BCUT2D eigenvalue weighted by atomic mass is 16.4. The van der Waals surface area contributed by atoms with Gasteiger partial charge in [0.25, 0.3) is 0 Å². The van der Waals surface area contributed by atoms with E-state index in [9.17, 15) is 4.79 Å². The standard InChI is InChI=1S/C16H18N4O2/c17-15-6-2-5-14(18-15)12-3-1-4-13(11-12)19-7-9-20(10-8-19)16(21)22/h1-6,11H,7-10H2,(H2,17,18)(H,21,22). The van der Waals surface area contributed by atoms with Crippen molar-refractivity contribution in [3.63, 3.8) is 0 Å². The van der Waals surface area contributed by atoms with Crippen molar-refractivity contribution in [2.24, 2.45) is 0 Å². The van der Waals surface area contributed by atoms with Crippen LogP contribution in [0.4, 0.5) is 16.3 Å². The van der Waals surface area contributed by atoms with E-state index in [4.69, 9.17) is 10.8 Å². The fourth-order valence-electron chi connectivity index (χ4n) is 2.63. The van der Waals surface area contributed by atoms with E-state index in [2.05, 4.69) is 16.0 Å². The lowest BCUT2D eigenvalue weighted by atomic mass is 10.1. The fraction of sp³-hybridized carbons (Fsp3) is 0.250. The van der Waals surface area contributed by atoms with Crippen LogP contribution in [0.5, 0.6) is 0 Å². The van der Waals surface area contributed by atoms with Crippen LogP contribution in [0.2, 0.25) is 0 Å². The van der Waals surface area contributed by atoms with Gasteiger partial charge in [-0.25, -0.2) is 9.78 Å². The number of carbonyl (C=O) groups is 1. The number of amides is 1. The second-order valence-electron chi connectivity index (χ2n) is 5.25. The van der Waals surface area contributed by atoms with E-state index in [-0.39, 0.29) is 0 Å². The molecule has 1 aromatic carbocycles. The van der Waals surface area contributed by atoms with Gasteiger partial charge in [0.1, 0.15) is 5.82 Å². The number of benzene rings is 1. The van der Waals surface area contributed by atoms with Crippen LogP contribution >= 0.6 is 0 Å². The predicted octanol–water partition coefficient (Wildman–Crippen LogP) is 2.13. The van der Waals surface area contributed by atoms with E-state index in [0.29, 0.717) is 32.0 Å². The second-order valence-corrected chi connectivity index (χ2v) is 5.25. The molecule has 6 heteroatoms. The molecular weight excluding hydrogens is 280 g/mol. The van der Waals surface area contributed by atoms with Crippen LogP contribution in [0.3, 0.4) is 0 Å². The summed E-state index contributed by atoms with van der Waals surface area (Å²) in [5.74, 6) is 0.498. The largest absolute Gasteiger partial charge is 0.465 e. The summed E-state index contributed by atoms with van der Waals surface area (Å²) in [6.45, 7) is 2.44. The van der Waals surface area contributed by atoms with Crippen molar-refractivity contribution >= 4 is 17.6 Å². The summed E-state index contributed by atoms with van der Waals surface area (Å²) in [5.41, 5.74) is 8.66. The van der Waals surface area contributed by atoms with Gasteiger partial charge in [-0.1, -0.05) is 18.2 Å². The smallest absolute Gasteiger partial charge is 0.407 e. The minimum atomic E-state index is -0.850. The first kappa shape index (κ1) is 14.2. The van der Waals surface area contributed by atoms with Gasteiger partial charge in [-0.15, -0.1) is 0 Å². The van der Waals surface area contributed by atoms with Crippen molar-refractivity contribution in [1.29, 1.82) is 0 Å². The number of nitrogen functional groups attached to an aromatic ring is 1. The van der Waals surface area contributed by atoms with Crippen molar-refractivity contribution in [3.05, 3.63) is 42.5 Å². The van der Waals surface area contributed by atoms with Crippen molar-refractivity contribution in [1.82, 2.24) is 9.88 Å². The molecule has 22 heavy (non-hydrogen) atoms. The number of anilines is 2. The van der Waals surface area contributed by atoms with Gasteiger partial charge >= 0.3 is 6.09 Å². The Hall–Kier alpha value is -2.76. The molecule has 2 aromatic rings. The number of piperazine rings is 1. The molecule has 3 rings (SSSR count). The number of nitrogens with two attached hydrogens (primary N) is 1. The van der Waals surface area contributed by atoms with Gasteiger partial charge in [0, 0.05) is 37.4 Å². The Labute approximate surface area is 128 Å². The van der Waals surface area contributed by atoms with E-state index >= 15 is 0 Å². The molecule has 0 atom stereocenters. The summed E-state index contributed by atoms with van der Waals surface area (Å²) in [6, 6.07) is 13.7. The summed E-state index contributed by atoms with van der Waals surface area (Å²) in [4.78, 5) is 18.9. The molecule has 0 unspecified atom stereocenters. The second kappa shape index (κ2) is 5.93. The molecule has 2 heterocycles. The highest BCUT2D eigenvalue weighted by Crippen LogP contribution is 2.24. The number of aromatic nitrogens is 1. The van der Waals surface area contributed by atoms with Crippen LogP contribution in [0, 0.1) is 0 Å². The van der Waals surface area contributed by atoms with Crippen LogP contribution in [-0.2, 0) is 0 Å². The zero-order chi connectivity index (χ0) is 15.5. The maximum atomic E-state index is 11.0. The first-order valence-electron chi connectivity index (χ1n) is 7.19. The van der Waals surface area contributed by atoms with Gasteiger partial charge in [-0.05, 0) is 24.3 Å². The Morgan fingerprint density at radius 2 is 1.82 bits per heavy atom. The first-order valence-corrected chi connectivity index (χ1v) is 7.19. The Morgan fingerprint density at radius 3 is 2.50 bits per heavy atom. The molecule has 1 aliphatic rings. The number of carboxylic acid groups (broad SMARTS) is 1. The normalized spacial score (nSPS) is 14.9. The third-order valence-corrected chi connectivity index (χ3v) is 3.83. The van der Waals surface area contributed by atoms with Gasteiger partial charge < -0.3 is 20.6 Å². The van der Waals surface area contributed by atoms with Gasteiger partial charge in [0.05, 0.1) is 5.69 Å². The molecule has 0 spiro atoms. The SMILES string of the molecule is Nc1cccc(-c2cccc(N3CCN(C(=O)O)CC3)c2)n1. The van der Waals surface area contributed by atoms with Crippen molar-refractivity contribution in [2.45, 2.75) is 0 Å². The third kappa shape index (κ3) is 2.95. The third-order valence-electron chi connectivity index (χ3n) is 3.83. The Kier molecular flexibility index (Phi) is 3.82. The van der Waals surface area contributed by atoms with Crippen molar-refractivity contribution in [2.75, 3.05) is 36.8 Å². The number of hydrogen-bond donors (Lipinski definition) is 2. The molecule has 1 aromatic heterocycles. The highest BCUT2D eigenvalue weighted by Gasteiger charge is 2.20. The van der Waals surface area contributed by atoms with Crippen LogP contribution < -0.4 is 10.6 Å². The van der Waals surface area contributed by atoms with E-state index in [1.807, 2.05) is 30.3 Å². The van der Waals surface area contributed by atoms with Crippen molar-refractivity contribution in [3.8, 4) is 11.3 Å². The molecule has 1 amide bonds. The zero-order valence-corrected chi connectivity index (χ0v) is 12.1. The minimum Gasteiger partial charge on any atom is -0.465 e. The van der Waals surface area contributed by atoms with Gasteiger partial charge in [-0.3, -0.25) is 0 Å². The summed E-state index contributed by atoms with van der Waals surface area (Å²) >= 11 is 0. The monoisotopic (exact) mass is 298 g/mol. The van der Waals surface area contributed by atoms with Gasteiger partial charge in [0.2, 0.25) is 0 Å². The molecule has 0 saturated carbocycles. The lowest BCUT2D eigenvalue weighted by molar-refractivity contribution is 0.142. The van der Waals surface area contributed by atoms with E-state index < -0.39 is 6.09 Å². The molecule has 0 bridgehead atoms. The maximum Gasteiger partial charge on any atom is 0.407 e. The molecule has 1 aliphatic heterocycles. The Bertz CT molecular complexity index is 681. The molecule has 0 aliphatic carbocycles. The minimum absolute atomic E-state index is 0.498.